The minimum atomic E-state index is 0.139. The van der Waals surface area contributed by atoms with E-state index in [-0.39, 0.29) is 5.54 Å². The van der Waals surface area contributed by atoms with Crippen LogP contribution >= 0.6 is 0 Å². The minimum absolute atomic E-state index is 0.139. The average Bonchev–Trinajstić information content (AvgIpc) is 2.24. The molecule has 0 heterocycles. The first-order valence-electron chi connectivity index (χ1n) is 6.78. The van der Waals surface area contributed by atoms with Crippen molar-refractivity contribution in [3.05, 3.63) is 28.3 Å². The highest BCUT2D eigenvalue weighted by atomic mass is 15.0. The number of rotatable bonds is 1. The van der Waals surface area contributed by atoms with Gasteiger partial charge in [-0.05, 0) is 88.6 Å². The van der Waals surface area contributed by atoms with Gasteiger partial charge in [-0.2, -0.15) is 0 Å². The Morgan fingerprint density at radius 2 is 1.59 bits per heavy atom. The van der Waals surface area contributed by atoms with Crippen LogP contribution in [0.15, 0.2) is 6.07 Å². The van der Waals surface area contributed by atoms with E-state index >= 15 is 0 Å². The summed E-state index contributed by atoms with van der Waals surface area (Å²) in [5.41, 5.74) is 7.64. The van der Waals surface area contributed by atoms with Crippen molar-refractivity contribution in [3.8, 4) is 0 Å². The lowest BCUT2D eigenvalue weighted by molar-refractivity contribution is 0.631. The Bertz CT molecular complexity index is 424. The van der Waals surface area contributed by atoms with Gasteiger partial charge in [0.2, 0.25) is 0 Å². The topological polar surface area (TPSA) is 12.0 Å². The van der Waals surface area contributed by atoms with E-state index in [4.69, 9.17) is 0 Å². The Morgan fingerprint density at radius 3 is 2.18 bits per heavy atom. The molecule has 1 nitrogen and oxygen atoms in total. The smallest absolute Gasteiger partial charge is 0.0379 e. The molecule has 0 fully saturated rings. The number of aryl methyl sites for hydroxylation is 1. The maximum absolute atomic E-state index is 3.64. The predicted molar refractivity (Wildman–Crippen MR) is 75.9 cm³/mol. The Labute approximate surface area is 106 Å². The largest absolute Gasteiger partial charge is 0.380 e. The zero-order chi connectivity index (χ0) is 12.6. The van der Waals surface area contributed by atoms with Gasteiger partial charge in [0.25, 0.3) is 0 Å². The van der Waals surface area contributed by atoms with Crippen LogP contribution in [0, 0.1) is 13.8 Å². The molecule has 0 saturated carbocycles. The van der Waals surface area contributed by atoms with E-state index in [2.05, 4.69) is 46.0 Å². The van der Waals surface area contributed by atoms with E-state index in [0.717, 1.165) is 0 Å². The number of anilines is 1. The monoisotopic (exact) mass is 231 g/mol. The van der Waals surface area contributed by atoms with Crippen LogP contribution in [0.4, 0.5) is 5.69 Å². The van der Waals surface area contributed by atoms with Gasteiger partial charge >= 0.3 is 0 Å². The van der Waals surface area contributed by atoms with Crippen LogP contribution in [0.2, 0.25) is 0 Å². The van der Waals surface area contributed by atoms with Crippen molar-refractivity contribution in [2.45, 2.75) is 65.8 Å². The van der Waals surface area contributed by atoms with Crippen LogP contribution in [0.1, 0.15) is 55.9 Å². The number of hydrogen-bond acceptors (Lipinski definition) is 1. The summed E-state index contributed by atoms with van der Waals surface area (Å²) in [5, 5.41) is 3.64. The molecule has 1 aliphatic rings. The lowest BCUT2D eigenvalue weighted by Crippen LogP contribution is -2.27. The summed E-state index contributed by atoms with van der Waals surface area (Å²) in [6.45, 7) is 11.2. The van der Waals surface area contributed by atoms with Crippen molar-refractivity contribution >= 4 is 5.69 Å². The predicted octanol–water partition coefficient (Wildman–Crippen LogP) is 4.39. The van der Waals surface area contributed by atoms with Crippen LogP contribution in [0.5, 0.6) is 0 Å². The minimum Gasteiger partial charge on any atom is -0.380 e. The second kappa shape index (κ2) is 4.36. The lowest BCUT2D eigenvalue weighted by atomic mass is 9.84. The molecule has 17 heavy (non-hydrogen) atoms. The third-order valence-corrected chi connectivity index (χ3v) is 3.67. The zero-order valence-electron chi connectivity index (χ0n) is 11.9. The summed E-state index contributed by atoms with van der Waals surface area (Å²) in [4.78, 5) is 0. The fraction of sp³-hybridized carbons (Fsp3) is 0.625. The van der Waals surface area contributed by atoms with Gasteiger partial charge in [-0.15, -0.1) is 0 Å². The summed E-state index contributed by atoms with van der Waals surface area (Å²) in [6.07, 6.45) is 5.26. The Kier molecular flexibility index (Phi) is 3.20. The van der Waals surface area contributed by atoms with Crippen LogP contribution in [0.3, 0.4) is 0 Å². The summed E-state index contributed by atoms with van der Waals surface area (Å²) < 4.78 is 0. The highest BCUT2D eigenvalue weighted by Gasteiger charge is 2.18. The molecule has 2 rings (SSSR count). The van der Waals surface area contributed by atoms with E-state index in [0.29, 0.717) is 0 Å². The molecule has 0 aromatic heterocycles. The highest BCUT2D eigenvalue weighted by molar-refractivity contribution is 5.60. The molecule has 0 spiro atoms. The number of benzene rings is 1. The van der Waals surface area contributed by atoms with Crippen molar-refractivity contribution in [1.82, 2.24) is 0 Å². The number of hydrogen-bond donors (Lipinski definition) is 1. The number of fused-ring (bicyclic) bond motifs is 1. The molecule has 0 bridgehead atoms. The third-order valence-electron chi connectivity index (χ3n) is 3.67. The molecule has 0 radical (unpaired) electrons. The van der Waals surface area contributed by atoms with E-state index in [1.165, 1.54) is 42.5 Å². The van der Waals surface area contributed by atoms with Gasteiger partial charge in [-0.3, -0.25) is 0 Å². The molecule has 1 aromatic carbocycles. The molecule has 0 amide bonds. The lowest BCUT2D eigenvalue weighted by Gasteiger charge is -2.28. The van der Waals surface area contributed by atoms with E-state index in [9.17, 15) is 0 Å². The van der Waals surface area contributed by atoms with Crippen LogP contribution in [-0.4, -0.2) is 5.54 Å². The molecule has 1 aliphatic carbocycles. The van der Waals surface area contributed by atoms with E-state index in [1.807, 2.05) is 0 Å². The molecule has 1 N–H and O–H groups in total. The molecule has 0 saturated heterocycles. The third kappa shape index (κ3) is 2.65. The molecular weight excluding hydrogens is 206 g/mol. The first kappa shape index (κ1) is 12.5. The molecule has 0 atom stereocenters. The normalized spacial score (nSPS) is 15.6. The fourth-order valence-corrected chi connectivity index (χ4v) is 2.86. The molecule has 94 valence electrons. The van der Waals surface area contributed by atoms with Gasteiger partial charge in [0, 0.05) is 11.2 Å². The van der Waals surface area contributed by atoms with Crippen molar-refractivity contribution < 1.29 is 0 Å². The summed E-state index contributed by atoms with van der Waals surface area (Å²) in [7, 11) is 0. The van der Waals surface area contributed by atoms with E-state index in [1.54, 1.807) is 11.1 Å². The summed E-state index contributed by atoms with van der Waals surface area (Å²) in [5.74, 6) is 0. The van der Waals surface area contributed by atoms with Gasteiger partial charge in [0.05, 0.1) is 0 Å². The maximum Gasteiger partial charge on any atom is 0.0379 e. The van der Waals surface area contributed by atoms with Crippen LogP contribution < -0.4 is 5.32 Å². The van der Waals surface area contributed by atoms with Crippen molar-refractivity contribution in [2.75, 3.05) is 5.32 Å². The van der Waals surface area contributed by atoms with E-state index < -0.39 is 0 Å². The molecular formula is C16H25N. The molecule has 1 heteroatoms. The quantitative estimate of drug-likeness (QED) is 0.755. The van der Waals surface area contributed by atoms with Gasteiger partial charge in [0.15, 0.2) is 0 Å². The summed E-state index contributed by atoms with van der Waals surface area (Å²) >= 11 is 0. The van der Waals surface area contributed by atoms with Crippen molar-refractivity contribution in [3.63, 3.8) is 0 Å². The molecule has 0 aliphatic heterocycles. The van der Waals surface area contributed by atoms with Gasteiger partial charge < -0.3 is 5.32 Å². The Hall–Kier alpha value is -0.980. The summed E-state index contributed by atoms with van der Waals surface area (Å²) in [6, 6.07) is 2.34. The molecule has 1 aromatic rings. The van der Waals surface area contributed by atoms with Crippen LogP contribution in [0.25, 0.3) is 0 Å². The van der Waals surface area contributed by atoms with Crippen molar-refractivity contribution in [2.24, 2.45) is 0 Å². The fourth-order valence-electron chi connectivity index (χ4n) is 2.86. The van der Waals surface area contributed by atoms with Gasteiger partial charge in [0.1, 0.15) is 0 Å². The van der Waals surface area contributed by atoms with Gasteiger partial charge in [-0.25, -0.2) is 0 Å². The van der Waals surface area contributed by atoms with Gasteiger partial charge in [-0.1, -0.05) is 0 Å². The second-order valence-corrected chi connectivity index (χ2v) is 6.41. The second-order valence-electron chi connectivity index (χ2n) is 6.41. The Balaban J connectivity index is 2.45. The Morgan fingerprint density at radius 1 is 1.00 bits per heavy atom. The maximum atomic E-state index is 3.64. The zero-order valence-corrected chi connectivity index (χ0v) is 11.9. The SMILES string of the molecule is Cc1cc(NC(C)(C)C)c(C)c2c1CCCC2. The first-order valence-corrected chi connectivity index (χ1v) is 6.78. The van der Waals surface area contributed by atoms with Crippen molar-refractivity contribution in [1.29, 1.82) is 0 Å². The average molecular weight is 231 g/mol. The van der Waals surface area contributed by atoms with Crippen LogP contribution in [-0.2, 0) is 12.8 Å². The first-order chi connectivity index (χ1) is 7.88. The standard InChI is InChI=1S/C16H25N/c1-11-10-15(17-16(3,4)5)12(2)14-9-7-6-8-13(11)14/h10,17H,6-9H2,1-5H3. The molecule has 0 unspecified atom stereocenters. The number of nitrogens with one attached hydrogen (secondary N) is 1. The highest BCUT2D eigenvalue weighted by Crippen LogP contribution is 2.33.